The summed E-state index contributed by atoms with van der Waals surface area (Å²) in [6.45, 7) is 8.07. The highest BCUT2D eigenvalue weighted by atomic mass is 16.2. The summed E-state index contributed by atoms with van der Waals surface area (Å²) in [5.74, 6) is 0.807. The molecule has 2 aliphatic rings. The third-order valence-corrected chi connectivity index (χ3v) is 5.53. The lowest BCUT2D eigenvalue weighted by Gasteiger charge is -2.34. The smallest absolute Gasteiger partial charge is 0.238 e. The number of anilines is 3. The lowest BCUT2D eigenvalue weighted by molar-refractivity contribution is -0.117. The van der Waals surface area contributed by atoms with Gasteiger partial charge in [-0.1, -0.05) is 0 Å². The van der Waals surface area contributed by atoms with E-state index in [4.69, 9.17) is 0 Å². The molecular formula is C21H28N6O. The first-order valence-corrected chi connectivity index (χ1v) is 10.1. The molecule has 1 N–H and O–H groups in total. The van der Waals surface area contributed by atoms with Crippen LogP contribution in [0.15, 0.2) is 36.7 Å². The number of nitrogens with zero attached hydrogens (tertiary/aromatic N) is 5. The summed E-state index contributed by atoms with van der Waals surface area (Å²) in [7, 11) is 0. The van der Waals surface area contributed by atoms with Crippen molar-refractivity contribution in [3.05, 3.63) is 42.2 Å². The van der Waals surface area contributed by atoms with Crippen molar-refractivity contribution >= 4 is 23.2 Å². The van der Waals surface area contributed by atoms with Gasteiger partial charge in [0.2, 0.25) is 11.9 Å². The van der Waals surface area contributed by atoms with E-state index >= 15 is 0 Å². The molecule has 28 heavy (non-hydrogen) atoms. The number of carbonyl (C=O) groups excluding carboxylic acids is 1. The maximum Gasteiger partial charge on any atom is 0.238 e. The Bertz CT molecular complexity index is 798. The fourth-order valence-corrected chi connectivity index (χ4v) is 3.91. The first-order valence-electron chi connectivity index (χ1n) is 10.1. The normalized spacial score (nSPS) is 17.8. The summed E-state index contributed by atoms with van der Waals surface area (Å²) in [5.41, 5.74) is 3.28. The molecule has 2 saturated heterocycles. The average Bonchev–Trinajstić information content (AvgIpc) is 3.26. The quantitative estimate of drug-likeness (QED) is 0.858. The summed E-state index contributed by atoms with van der Waals surface area (Å²) in [4.78, 5) is 27.9. The summed E-state index contributed by atoms with van der Waals surface area (Å²) in [6.07, 6.45) is 6.06. The molecule has 148 valence electrons. The third kappa shape index (κ3) is 4.42. The van der Waals surface area contributed by atoms with E-state index in [9.17, 15) is 4.79 Å². The number of hydrogen-bond acceptors (Lipinski definition) is 6. The molecule has 0 aliphatic carbocycles. The van der Waals surface area contributed by atoms with Crippen LogP contribution in [0.5, 0.6) is 0 Å². The van der Waals surface area contributed by atoms with E-state index in [-0.39, 0.29) is 5.91 Å². The van der Waals surface area contributed by atoms with E-state index in [2.05, 4.69) is 49.0 Å². The SMILES string of the molecule is Cc1cc(N2CCCC2)ccc1NC(=O)CN1CCN(c2ncccn2)CC1. The average molecular weight is 380 g/mol. The van der Waals surface area contributed by atoms with Gasteiger partial charge in [0, 0.05) is 63.0 Å². The molecule has 2 fully saturated rings. The number of amides is 1. The Kier molecular flexibility index (Phi) is 5.71. The van der Waals surface area contributed by atoms with Gasteiger partial charge in [-0.25, -0.2) is 9.97 Å². The lowest BCUT2D eigenvalue weighted by atomic mass is 10.1. The number of nitrogens with one attached hydrogen (secondary N) is 1. The van der Waals surface area contributed by atoms with Gasteiger partial charge in [0.25, 0.3) is 0 Å². The molecule has 2 aliphatic heterocycles. The standard InChI is InChI=1S/C21H28N6O/c1-17-15-18(26-9-2-3-10-26)5-6-19(17)24-20(28)16-25-11-13-27(14-12-25)21-22-7-4-8-23-21/h4-8,15H,2-3,9-14,16H2,1H3,(H,24,28). The molecule has 2 aromatic rings. The van der Waals surface area contributed by atoms with E-state index in [1.165, 1.54) is 18.5 Å². The van der Waals surface area contributed by atoms with Gasteiger partial charge in [-0.15, -0.1) is 0 Å². The van der Waals surface area contributed by atoms with Crippen molar-refractivity contribution in [1.82, 2.24) is 14.9 Å². The van der Waals surface area contributed by atoms with Gasteiger partial charge in [-0.3, -0.25) is 9.69 Å². The van der Waals surface area contributed by atoms with Gasteiger partial charge in [-0.2, -0.15) is 0 Å². The van der Waals surface area contributed by atoms with Crippen molar-refractivity contribution < 1.29 is 4.79 Å². The van der Waals surface area contributed by atoms with Crippen LogP contribution in [0.1, 0.15) is 18.4 Å². The highest BCUT2D eigenvalue weighted by molar-refractivity contribution is 5.93. The van der Waals surface area contributed by atoms with Crippen LogP contribution >= 0.6 is 0 Å². The molecular weight excluding hydrogens is 352 g/mol. The van der Waals surface area contributed by atoms with Crippen LogP contribution in [0.3, 0.4) is 0 Å². The van der Waals surface area contributed by atoms with Crippen LogP contribution < -0.4 is 15.1 Å². The van der Waals surface area contributed by atoms with Crippen LogP contribution in [0.4, 0.5) is 17.3 Å². The van der Waals surface area contributed by atoms with Gasteiger partial charge < -0.3 is 15.1 Å². The second-order valence-corrected chi connectivity index (χ2v) is 7.55. The fourth-order valence-electron chi connectivity index (χ4n) is 3.91. The number of piperazine rings is 1. The number of hydrogen-bond donors (Lipinski definition) is 1. The van der Waals surface area contributed by atoms with E-state index < -0.39 is 0 Å². The molecule has 0 unspecified atom stereocenters. The molecule has 4 rings (SSSR count). The fraction of sp³-hybridized carbons (Fsp3) is 0.476. The van der Waals surface area contributed by atoms with E-state index in [0.29, 0.717) is 6.54 Å². The summed E-state index contributed by atoms with van der Waals surface area (Å²) < 4.78 is 0. The molecule has 0 spiro atoms. The van der Waals surface area contributed by atoms with Crippen LogP contribution in [0, 0.1) is 6.92 Å². The second-order valence-electron chi connectivity index (χ2n) is 7.55. The van der Waals surface area contributed by atoms with Crippen molar-refractivity contribution in [3.8, 4) is 0 Å². The predicted octanol–water partition coefficient (Wildman–Crippen LogP) is 2.15. The molecule has 1 aromatic carbocycles. The zero-order chi connectivity index (χ0) is 19.3. The maximum absolute atomic E-state index is 12.5. The van der Waals surface area contributed by atoms with Crippen LogP contribution in [0.25, 0.3) is 0 Å². The van der Waals surface area contributed by atoms with E-state index in [1.807, 2.05) is 12.1 Å². The van der Waals surface area contributed by atoms with Gasteiger partial charge in [0.15, 0.2) is 0 Å². The van der Waals surface area contributed by atoms with Gasteiger partial charge in [0.05, 0.1) is 6.54 Å². The predicted molar refractivity (Wildman–Crippen MR) is 112 cm³/mol. The van der Waals surface area contributed by atoms with Crippen LogP contribution in [0.2, 0.25) is 0 Å². The minimum absolute atomic E-state index is 0.0430. The monoisotopic (exact) mass is 380 g/mol. The maximum atomic E-state index is 12.5. The molecule has 7 nitrogen and oxygen atoms in total. The first-order chi connectivity index (χ1) is 13.7. The molecule has 0 bridgehead atoms. The summed E-state index contributed by atoms with van der Waals surface area (Å²) in [6, 6.07) is 8.15. The third-order valence-electron chi connectivity index (χ3n) is 5.53. The molecule has 1 amide bonds. The van der Waals surface area contributed by atoms with Gasteiger partial charge in [0.1, 0.15) is 0 Å². The second kappa shape index (κ2) is 8.56. The molecule has 0 radical (unpaired) electrons. The minimum atomic E-state index is 0.0430. The Hall–Kier alpha value is -2.67. The minimum Gasteiger partial charge on any atom is -0.372 e. The number of carbonyl (C=O) groups is 1. The van der Waals surface area contributed by atoms with Crippen molar-refractivity contribution in [2.45, 2.75) is 19.8 Å². The highest BCUT2D eigenvalue weighted by Crippen LogP contribution is 2.25. The van der Waals surface area contributed by atoms with Gasteiger partial charge in [-0.05, 0) is 49.6 Å². The number of aryl methyl sites for hydroxylation is 1. The Labute approximate surface area is 166 Å². The lowest BCUT2D eigenvalue weighted by Crippen LogP contribution is -2.49. The van der Waals surface area contributed by atoms with Crippen LogP contribution in [-0.4, -0.2) is 66.6 Å². The van der Waals surface area contributed by atoms with E-state index in [0.717, 1.165) is 56.5 Å². The van der Waals surface area contributed by atoms with Crippen molar-refractivity contribution in [2.24, 2.45) is 0 Å². The Morgan fingerprint density at radius 1 is 1.00 bits per heavy atom. The zero-order valence-corrected chi connectivity index (χ0v) is 16.5. The number of rotatable bonds is 5. The Morgan fingerprint density at radius 2 is 1.71 bits per heavy atom. The first kappa shape index (κ1) is 18.7. The van der Waals surface area contributed by atoms with Crippen molar-refractivity contribution in [1.29, 1.82) is 0 Å². The van der Waals surface area contributed by atoms with Crippen LogP contribution in [-0.2, 0) is 4.79 Å². The Morgan fingerprint density at radius 3 is 2.39 bits per heavy atom. The zero-order valence-electron chi connectivity index (χ0n) is 16.5. The van der Waals surface area contributed by atoms with Crippen molar-refractivity contribution in [2.75, 3.05) is 60.9 Å². The molecule has 3 heterocycles. The molecule has 0 saturated carbocycles. The summed E-state index contributed by atoms with van der Waals surface area (Å²) >= 11 is 0. The molecule has 0 atom stereocenters. The van der Waals surface area contributed by atoms with Gasteiger partial charge >= 0.3 is 0 Å². The van der Waals surface area contributed by atoms with Crippen molar-refractivity contribution in [3.63, 3.8) is 0 Å². The number of benzene rings is 1. The molecule has 7 heteroatoms. The highest BCUT2D eigenvalue weighted by Gasteiger charge is 2.21. The van der Waals surface area contributed by atoms with E-state index in [1.54, 1.807) is 12.4 Å². The summed E-state index contributed by atoms with van der Waals surface area (Å²) in [5, 5.41) is 3.08. The Balaban J connectivity index is 1.28. The largest absolute Gasteiger partial charge is 0.372 e. The topological polar surface area (TPSA) is 64.6 Å². The molecule has 1 aromatic heterocycles. The number of aromatic nitrogens is 2.